The number of hydrogen-bond acceptors (Lipinski definition) is 3. The van der Waals surface area contributed by atoms with Crippen LogP contribution in [0.25, 0.3) is 0 Å². The monoisotopic (exact) mass is 267 g/mol. The first-order valence-electron chi connectivity index (χ1n) is 6.89. The number of benzene rings is 1. The third kappa shape index (κ3) is 6.79. The quantitative estimate of drug-likeness (QED) is 0.401. The number of anilines is 1. The molecule has 0 unspecified atom stereocenters. The minimum Gasteiger partial charge on any atom is -0.385 e. The zero-order chi connectivity index (χ0) is 13.1. The summed E-state index contributed by atoms with van der Waals surface area (Å²) in [7, 11) is -0.281. The zero-order valence-corrected chi connectivity index (χ0v) is 12.9. The number of hydrogen-bond donors (Lipinski definition) is 1. The first kappa shape index (κ1) is 15.2. The first-order valence-corrected chi connectivity index (χ1v) is 8.70. The highest BCUT2D eigenvalue weighted by Gasteiger charge is 2.07. The molecule has 0 bridgehead atoms. The fraction of sp³-hybridized carbons (Fsp3) is 0.571. The van der Waals surface area contributed by atoms with E-state index in [2.05, 4.69) is 29.6 Å². The van der Waals surface area contributed by atoms with E-state index in [1.165, 1.54) is 18.2 Å². The maximum absolute atomic E-state index is 5.57. The molecule has 0 aliphatic rings. The molecule has 0 aliphatic carbocycles. The van der Waals surface area contributed by atoms with Crippen LogP contribution in [0.3, 0.4) is 0 Å². The third-order valence-electron chi connectivity index (χ3n) is 2.67. The largest absolute Gasteiger partial charge is 0.385 e. The van der Waals surface area contributed by atoms with Crippen molar-refractivity contribution in [1.29, 1.82) is 0 Å². The van der Waals surface area contributed by atoms with Gasteiger partial charge < -0.3 is 14.8 Å². The van der Waals surface area contributed by atoms with Crippen molar-refractivity contribution in [3.63, 3.8) is 0 Å². The summed E-state index contributed by atoms with van der Waals surface area (Å²) in [5, 5.41) is 3.42. The van der Waals surface area contributed by atoms with Gasteiger partial charge in [-0.25, -0.2) is 0 Å². The second-order valence-electron chi connectivity index (χ2n) is 4.13. The topological polar surface area (TPSA) is 30.5 Å². The molecule has 0 heterocycles. The Balaban J connectivity index is 2.06. The summed E-state index contributed by atoms with van der Waals surface area (Å²) in [5.74, 6) is 0.108. The molecule has 0 amide bonds. The van der Waals surface area contributed by atoms with Gasteiger partial charge in [-0.05, 0) is 32.4 Å². The summed E-state index contributed by atoms with van der Waals surface area (Å²) in [4.78, 5) is 0. The van der Waals surface area contributed by atoms with Gasteiger partial charge in [-0.3, -0.25) is 0 Å². The molecule has 102 valence electrons. The van der Waals surface area contributed by atoms with E-state index in [0.29, 0.717) is 0 Å². The van der Waals surface area contributed by atoms with Crippen LogP contribution in [0.15, 0.2) is 30.3 Å². The lowest BCUT2D eigenvalue weighted by Crippen LogP contribution is -2.24. The molecule has 18 heavy (non-hydrogen) atoms. The third-order valence-corrected chi connectivity index (χ3v) is 4.53. The normalized spacial score (nSPS) is 11.5. The van der Waals surface area contributed by atoms with Gasteiger partial charge in [0.1, 0.15) is 5.91 Å². The average molecular weight is 267 g/mol. The highest BCUT2D eigenvalue weighted by molar-refractivity contribution is 6.36. The minimum absolute atomic E-state index is 0.108. The lowest BCUT2D eigenvalue weighted by Gasteiger charge is -2.16. The number of rotatable bonds is 10. The Bertz CT molecular complexity index is 289. The molecule has 1 aromatic rings. The lowest BCUT2D eigenvalue weighted by atomic mass is 10.3. The van der Waals surface area contributed by atoms with Crippen LogP contribution in [0.4, 0.5) is 5.69 Å². The van der Waals surface area contributed by atoms with Crippen LogP contribution in [-0.4, -0.2) is 35.2 Å². The molecule has 0 aromatic heterocycles. The maximum atomic E-state index is 5.57. The molecule has 1 rings (SSSR count). The fourth-order valence-electron chi connectivity index (χ4n) is 1.81. The van der Waals surface area contributed by atoms with Crippen molar-refractivity contribution in [2.45, 2.75) is 32.2 Å². The molecule has 0 spiro atoms. The molecule has 0 saturated carbocycles. The fourth-order valence-corrected chi connectivity index (χ4v) is 3.49. The standard InChI is InChI=1S/C14H25NO2Si/c1-3-16-14(17-4-2)18-12-8-11-15-13-9-6-5-7-10-13/h5-7,9-10,14-15H,3-4,8,11-12,18H2,1-2H3. The van der Waals surface area contributed by atoms with E-state index >= 15 is 0 Å². The second kappa shape index (κ2) is 10.1. The van der Waals surface area contributed by atoms with Crippen molar-refractivity contribution in [2.75, 3.05) is 25.1 Å². The van der Waals surface area contributed by atoms with E-state index in [-0.39, 0.29) is 15.4 Å². The van der Waals surface area contributed by atoms with Gasteiger partial charge in [-0.1, -0.05) is 24.2 Å². The van der Waals surface area contributed by atoms with Crippen molar-refractivity contribution >= 4 is 15.2 Å². The molecule has 0 radical (unpaired) electrons. The van der Waals surface area contributed by atoms with Crippen LogP contribution in [0.1, 0.15) is 20.3 Å². The molecule has 3 nitrogen and oxygen atoms in total. The Hall–Kier alpha value is -0.843. The molecular weight excluding hydrogens is 242 g/mol. The van der Waals surface area contributed by atoms with E-state index in [1.54, 1.807) is 0 Å². The Morgan fingerprint density at radius 3 is 2.39 bits per heavy atom. The highest BCUT2D eigenvalue weighted by atomic mass is 28.2. The molecule has 0 fully saturated rings. The van der Waals surface area contributed by atoms with Crippen molar-refractivity contribution in [3.8, 4) is 0 Å². The smallest absolute Gasteiger partial charge is 0.134 e. The predicted octanol–water partition coefficient (Wildman–Crippen LogP) is 2.43. The molecular formula is C14H25NO2Si. The van der Waals surface area contributed by atoms with Crippen LogP contribution >= 0.6 is 0 Å². The number of ether oxygens (including phenoxy) is 2. The van der Waals surface area contributed by atoms with E-state index < -0.39 is 0 Å². The van der Waals surface area contributed by atoms with Crippen molar-refractivity contribution in [3.05, 3.63) is 30.3 Å². The Kier molecular flexibility index (Phi) is 8.55. The van der Waals surface area contributed by atoms with Crippen LogP contribution in [0.5, 0.6) is 0 Å². The predicted molar refractivity (Wildman–Crippen MR) is 79.9 cm³/mol. The first-order chi connectivity index (χ1) is 8.86. The van der Waals surface area contributed by atoms with Gasteiger partial charge in [0.05, 0.1) is 9.52 Å². The van der Waals surface area contributed by atoms with Crippen molar-refractivity contribution < 1.29 is 9.47 Å². The summed E-state index contributed by atoms with van der Waals surface area (Å²) in [6.45, 7) is 6.58. The molecule has 4 heteroatoms. The van der Waals surface area contributed by atoms with E-state index in [4.69, 9.17) is 9.47 Å². The summed E-state index contributed by atoms with van der Waals surface area (Å²) in [6, 6.07) is 11.6. The number of para-hydroxylation sites is 1. The Morgan fingerprint density at radius 2 is 1.78 bits per heavy atom. The van der Waals surface area contributed by atoms with E-state index in [0.717, 1.165) is 19.8 Å². The van der Waals surface area contributed by atoms with Crippen LogP contribution < -0.4 is 5.32 Å². The SMILES string of the molecule is CCOC(OCC)[SiH2]CCCNc1ccccc1. The van der Waals surface area contributed by atoms with E-state index in [9.17, 15) is 0 Å². The summed E-state index contributed by atoms with van der Waals surface area (Å²) < 4.78 is 11.1. The van der Waals surface area contributed by atoms with Gasteiger partial charge in [0.25, 0.3) is 0 Å². The Labute approximate surface area is 113 Å². The van der Waals surface area contributed by atoms with Crippen molar-refractivity contribution in [1.82, 2.24) is 0 Å². The molecule has 0 atom stereocenters. The maximum Gasteiger partial charge on any atom is 0.134 e. The minimum atomic E-state index is -0.281. The van der Waals surface area contributed by atoms with Gasteiger partial charge in [0.15, 0.2) is 0 Å². The van der Waals surface area contributed by atoms with Gasteiger partial charge in [-0.2, -0.15) is 0 Å². The molecule has 0 aliphatic heterocycles. The van der Waals surface area contributed by atoms with E-state index in [1.807, 2.05) is 19.9 Å². The molecule has 1 N–H and O–H groups in total. The van der Waals surface area contributed by atoms with Gasteiger partial charge >= 0.3 is 0 Å². The molecule has 0 saturated heterocycles. The van der Waals surface area contributed by atoms with Gasteiger partial charge in [0, 0.05) is 25.4 Å². The second-order valence-corrected chi connectivity index (χ2v) is 6.08. The summed E-state index contributed by atoms with van der Waals surface area (Å²) in [6.07, 6.45) is 1.19. The zero-order valence-electron chi connectivity index (χ0n) is 11.5. The van der Waals surface area contributed by atoms with Crippen LogP contribution in [-0.2, 0) is 9.47 Å². The average Bonchev–Trinajstić information content (AvgIpc) is 2.40. The Morgan fingerprint density at radius 1 is 1.11 bits per heavy atom. The summed E-state index contributed by atoms with van der Waals surface area (Å²) in [5.41, 5.74) is 1.20. The molecule has 1 aromatic carbocycles. The van der Waals surface area contributed by atoms with Crippen LogP contribution in [0.2, 0.25) is 6.04 Å². The van der Waals surface area contributed by atoms with Gasteiger partial charge in [0.2, 0.25) is 0 Å². The summed E-state index contributed by atoms with van der Waals surface area (Å²) >= 11 is 0. The highest BCUT2D eigenvalue weighted by Crippen LogP contribution is 2.05. The lowest BCUT2D eigenvalue weighted by molar-refractivity contribution is -0.0827. The van der Waals surface area contributed by atoms with Crippen molar-refractivity contribution in [2.24, 2.45) is 0 Å². The van der Waals surface area contributed by atoms with Crippen LogP contribution in [0, 0.1) is 0 Å². The van der Waals surface area contributed by atoms with Gasteiger partial charge in [-0.15, -0.1) is 0 Å². The number of nitrogens with one attached hydrogen (secondary N) is 1.